The number of nitrogens with one attached hydrogen (secondary N) is 2. The highest BCUT2D eigenvalue weighted by atomic mass is 32.2. The minimum Gasteiger partial charge on any atom is -0.497 e. The summed E-state index contributed by atoms with van der Waals surface area (Å²) >= 11 is 0. The Hall–Kier alpha value is -3.28. The fourth-order valence-electron chi connectivity index (χ4n) is 5.55. The van der Waals surface area contributed by atoms with Crippen molar-refractivity contribution in [2.45, 2.75) is 63.1 Å². The number of hydrogen-bond acceptors (Lipinski definition) is 7. The van der Waals surface area contributed by atoms with Crippen molar-refractivity contribution in [1.29, 1.82) is 0 Å². The first-order valence-corrected chi connectivity index (χ1v) is 15.4. The number of ether oxygens (including phenoxy) is 1. The molecule has 1 amide bonds. The lowest BCUT2D eigenvalue weighted by Crippen LogP contribution is -2.57. The number of amides is 1. The third-order valence-corrected chi connectivity index (χ3v) is 9.52. The lowest BCUT2D eigenvalue weighted by atomic mass is 9.86. The van der Waals surface area contributed by atoms with Crippen LogP contribution in [0.1, 0.15) is 55.1 Å². The van der Waals surface area contributed by atoms with E-state index < -0.39 is 16.1 Å². The molecule has 40 heavy (non-hydrogen) atoms. The van der Waals surface area contributed by atoms with Crippen LogP contribution in [0.3, 0.4) is 0 Å². The van der Waals surface area contributed by atoms with Crippen LogP contribution in [0, 0.1) is 5.92 Å². The molecule has 1 aliphatic heterocycles. The first-order chi connectivity index (χ1) is 19.3. The third-order valence-electron chi connectivity index (χ3n) is 7.60. The summed E-state index contributed by atoms with van der Waals surface area (Å²) < 4.78 is 35.3. The molecule has 0 bridgehead atoms. The number of carbonyl (C=O) groups is 1. The maximum absolute atomic E-state index is 13.5. The van der Waals surface area contributed by atoms with E-state index in [4.69, 9.17) is 4.74 Å². The van der Waals surface area contributed by atoms with Crippen LogP contribution in [-0.4, -0.2) is 66.4 Å². The van der Waals surface area contributed by atoms with Crippen LogP contribution < -0.4 is 15.4 Å². The van der Waals surface area contributed by atoms with Gasteiger partial charge in [-0.3, -0.25) is 4.79 Å². The van der Waals surface area contributed by atoms with Crippen molar-refractivity contribution >= 4 is 15.9 Å². The molecule has 11 heteroatoms. The Balaban J connectivity index is 1.33. The number of rotatable bonds is 10. The molecule has 2 aromatic carbocycles. The predicted molar refractivity (Wildman–Crippen MR) is 151 cm³/mol. The van der Waals surface area contributed by atoms with E-state index in [2.05, 4.69) is 53.0 Å². The number of aromatic nitrogens is 3. The topological polar surface area (TPSA) is 118 Å². The van der Waals surface area contributed by atoms with Gasteiger partial charge < -0.3 is 15.4 Å². The van der Waals surface area contributed by atoms with Crippen LogP contribution in [0.4, 0.5) is 0 Å². The zero-order chi connectivity index (χ0) is 28.3. The Labute approximate surface area is 236 Å². The summed E-state index contributed by atoms with van der Waals surface area (Å²) in [6, 6.07) is 12.0. The fourth-order valence-corrected chi connectivity index (χ4v) is 7.14. The molecule has 0 unspecified atom stereocenters. The van der Waals surface area contributed by atoms with Crippen molar-refractivity contribution in [1.82, 2.24) is 29.9 Å². The van der Waals surface area contributed by atoms with Crippen molar-refractivity contribution in [2.75, 3.05) is 26.7 Å². The second kappa shape index (κ2) is 12.1. The zero-order valence-corrected chi connectivity index (χ0v) is 24.2. The van der Waals surface area contributed by atoms with E-state index in [0.717, 1.165) is 32.4 Å². The summed E-state index contributed by atoms with van der Waals surface area (Å²) in [5.74, 6) is 0.837. The molecule has 1 aliphatic carbocycles. The van der Waals surface area contributed by atoms with Gasteiger partial charge in [0.1, 0.15) is 11.8 Å². The molecule has 1 fully saturated rings. The molecule has 3 aromatic rings. The van der Waals surface area contributed by atoms with Crippen LogP contribution >= 0.6 is 0 Å². The van der Waals surface area contributed by atoms with E-state index in [-0.39, 0.29) is 36.4 Å². The summed E-state index contributed by atoms with van der Waals surface area (Å²) in [5, 5.41) is 15.1. The Kier molecular flexibility index (Phi) is 8.53. The standard InChI is InChI=1S/C29H38N6O4S/c1-20(2)17-30-18-21-7-12-26-22(15-21)5-4-6-27(26)34-19-23(32-33-34)16-28-29(36)31-13-14-35(28)40(37,38)25-10-8-24(39-3)9-11-25/h7-12,15,19-20,27-28,30H,4-6,13-14,16-18H2,1-3H3,(H,31,36)/t27-,28+/m0/s1. The normalized spacial score (nSPS) is 19.9. The molecule has 0 spiro atoms. The molecule has 0 radical (unpaired) electrons. The highest BCUT2D eigenvalue weighted by Gasteiger charge is 2.39. The van der Waals surface area contributed by atoms with Gasteiger partial charge in [-0.15, -0.1) is 5.10 Å². The van der Waals surface area contributed by atoms with Gasteiger partial charge >= 0.3 is 0 Å². The zero-order valence-electron chi connectivity index (χ0n) is 23.3. The van der Waals surface area contributed by atoms with E-state index >= 15 is 0 Å². The first kappa shape index (κ1) is 28.3. The SMILES string of the molecule is COc1ccc(S(=O)(=O)N2CCNC(=O)[C@H]2Cc2cn([C@H]3CCCc4cc(CNCC(C)C)ccc43)nn2)cc1. The molecule has 2 heterocycles. The smallest absolute Gasteiger partial charge is 0.243 e. The molecule has 2 atom stereocenters. The van der Waals surface area contributed by atoms with E-state index in [1.165, 1.54) is 40.2 Å². The predicted octanol–water partition coefficient (Wildman–Crippen LogP) is 2.69. The van der Waals surface area contributed by atoms with Gasteiger partial charge in [-0.25, -0.2) is 13.1 Å². The number of fused-ring (bicyclic) bond motifs is 1. The van der Waals surface area contributed by atoms with Crippen molar-refractivity contribution < 1.29 is 17.9 Å². The Morgan fingerprint density at radius 2 is 1.98 bits per heavy atom. The minimum absolute atomic E-state index is 0.0574. The summed E-state index contributed by atoms with van der Waals surface area (Å²) in [5.41, 5.74) is 4.44. The molecule has 214 valence electrons. The van der Waals surface area contributed by atoms with Gasteiger partial charge in [-0.05, 0) is 72.7 Å². The molecule has 1 saturated heterocycles. The molecule has 1 aromatic heterocycles. The number of piperazine rings is 1. The lowest BCUT2D eigenvalue weighted by molar-refractivity contribution is -0.126. The van der Waals surface area contributed by atoms with Crippen LogP contribution in [-0.2, 0) is 34.2 Å². The maximum Gasteiger partial charge on any atom is 0.243 e. The van der Waals surface area contributed by atoms with Crippen molar-refractivity contribution in [3.8, 4) is 5.75 Å². The number of methoxy groups -OCH3 is 1. The van der Waals surface area contributed by atoms with Gasteiger partial charge in [-0.1, -0.05) is 37.3 Å². The number of carbonyl (C=O) groups excluding carboxylic acids is 1. The van der Waals surface area contributed by atoms with Crippen LogP contribution in [0.2, 0.25) is 0 Å². The summed E-state index contributed by atoms with van der Waals surface area (Å²) in [6.07, 6.45) is 5.03. The van der Waals surface area contributed by atoms with Gasteiger partial charge in [-0.2, -0.15) is 4.31 Å². The number of sulfonamides is 1. The quantitative estimate of drug-likeness (QED) is 0.387. The summed E-state index contributed by atoms with van der Waals surface area (Å²) in [6.45, 7) is 6.68. The third kappa shape index (κ3) is 6.06. The van der Waals surface area contributed by atoms with Gasteiger partial charge in [0, 0.05) is 32.3 Å². The number of nitrogens with zero attached hydrogens (tertiary/aromatic N) is 4. The second-order valence-corrected chi connectivity index (χ2v) is 12.8. The summed E-state index contributed by atoms with van der Waals surface area (Å²) in [7, 11) is -2.38. The number of hydrogen-bond donors (Lipinski definition) is 2. The van der Waals surface area contributed by atoms with Gasteiger partial charge in [0.15, 0.2) is 0 Å². The fraction of sp³-hybridized carbons (Fsp3) is 0.483. The molecule has 0 saturated carbocycles. The molecule has 2 aliphatic rings. The molecular weight excluding hydrogens is 528 g/mol. The van der Waals surface area contributed by atoms with Crippen molar-refractivity contribution in [3.63, 3.8) is 0 Å². The minimum atomic E-state index is -3.90. The maximum atomic E-state index is 13.5. The van der Waals surface area contributed by atoms with Crippen molar-refractivity contribution in [3.05, 3.63) is 71.0 Å². The molecule has 2 N–H and O–H groups in total. The average molecular weight is 567 g/mol. The number of benzene rings is 2. The number of aryl methyl sites for hydroxylation is 1. The van der Waals surface area contributed by atoms with E-state index in [1.54, 1.807) is 12.1 Å². The first-order valence-electron chi connectivity index (χ1n) is 13.9. The van der Waals surface area contributed by atoms with Gasteiger partial charge in [0.05, 0.1) is 23.7 Å². The van der Waals surface area contributed by atoms with E-state index in [1.807, 2.05) is 10.9 Å². The van der Waals surface area contributed by atoms with Gasteiger partial charge in [0.25, 0.3) is 0 Å². The Morgan fingerprint density at radius 3 is 2.73 bits per heavy atom. The lowest BCUT2D eigenvalue weighted by Gasteiger charge is -2.33. The average Bonchev–Trinajstić information content (AvgIpc) is 3.42. The van der Waals surface area contributed by atoms with Crippen LogP contribution in [0.15, 0.2) is 53.6 Å². The Morgan fingerprint density at radius 1 is 1.18 bits per heavy atom. The highest BCUT2D eigenvalue weighted by Crippen LogP contribution is 2.33. The largest absolute Gasteiger partial charge is 0.497 e. The molecule has 10 nitrogen and oxygen atoms in total. The van der Waals surface area contributed by atoms with Crippen LogP contribution in [0.5, 0.6) is 5.75 Å². The Bertz CT molecular complexity index is 1440. The molecular formula is C29H38N6O4S. The van der Waals surface area contributed by atoms with Gasteiger partial charge in [0.2, 0.25) is 15.9 Å². The van der Waals surface area contributed by atoms with Crippen LogP contribution in [0.25, 0.3) is 0 Å². The second-order valence-electron chi connectivity index (χ2n) is 11.0. The van der Waals surface area contributed by atoms with E-state index in [9.17, 15) is 13.2 Å². The molecule has 5 rings (SSSR count). The van der Waals surface area contributed by atoms with E-state index in [0.29, 0.717) is 17.4 Å². The highest BCUT2D eigenvalue weighted by molar-refractivity contribution is 7.89. The van der Waals surface area contributed by atoms with Crippen molar-refractivity contribution in [2.24, 2.45) is 5.92 Å². The monoisotopic (exact) mass is 566 g/mol. The summed E-state index contributed by atoms with van der Waals surface area (Å²) in [4.78, 5) is 13.0.